The Hall–Kier alpha value is -2.77. The van der Waals surface area contributed by atoms with Gasteiger partial charge in [-0.05, 0) is 49.9 Å². The Balaban J connectivity index is 1.88. The summed E-state index contributed by atoms with van der Waals surface area (Å²) >= 11 is 0. The zero-order valence-corrected chi connectivity index (χ0v) is 18.3. The van der Waals surface area contributed by atoms with Gasteiger partial charge in [0.1, 0.15) is 11.5 Å². The number of piperidine rings is 1. The highest BCUT2D eigenvalue weighted by molar-refractivity contribution is 5.85. The lowest BCUT2D eigenvalue weighted by Gasteiger charge is -2.32. The van der Waals surface area contributed by atoms with E-state index in [2.05, 4.69) is 0 Å². The van der Waals surface area contributed by atoms with E-state index in [0.717, 1.165) is 18.4 Å². The largest absolute Gasteiger partial charge is 0.497 e. The third-order valence-corrected chi connectivity index (χ3v) is 5.29. The number of ether oxygens (including phenoxy) is 3. The van der Waals surface area contributed by atoms with Gasteiger partial charge in [0.2, 0.25) is 11.8 Å². The molecule has 30 heavy (non-hydrogen) atoms. The van der Waals surface area contributed by atoms with Crippen molar-refractivity contribution in [2.75, 3.05) is 47.5 Å². The fraction of sp³-hybridized carbons (Fsp3) is 0.591. The standard InChI is InChI=1S/C22H32N2O6/c1-5-30-22(27)17-7-6-12-24(14-17)21(26)15-23(2)20(25)11-8-16-13-18(28-3)9-10-19(16)29-4/h9-10,13,17H,5-8,11-12,14-15H2,1-4H3. The van der Waals surface area contributed by atoms with Crippen molar-refractivity contribution in [3.63, 3.8) is 0 Å². The first-order valence-corrected chi connectivity index (χ1v) is 10.3. The molecule has 1 aromatic rings. The zero-order chi connectivity index (χ0) is 22.1. The number of benzene rings is 1. The van der Waals surface area contributed by atoms with E-state index in [4.69, 9.17) is 14.2 Å². The minimum atomic E-state index is -0.288. The Labute approximate surface area is 178 Å². The molecular weight excluding hydrogens is 388 g/mol. The first-order valence-electron chi connectivity index (χ1n) is 10.3. The molecule has 0 bridgehead atoms. The van der Waals surface area contributed by atoms with Crippen molar-refractivity contribution in [2.24, 2.45) is 5.92 Å². The molecule has 8 heteroatoms. The van der Waals surface area contributed by atoms with Crippen LogP contribution in [0.5, 0.6) is 11.5 Å². The van der Waals surface area contributed by atoms with Gasteiger partial charge < -0.3 is 24.0 Å². The maximum Gasteiger partial charge on any atom is 0.310 e. The summed E-state index contributed by atoms with van der Waals surface area (Å²) in [4.78, 5) is 40.3. The first-order chi connectivity index (χ1) is 14.4. The minimum absolute atomic E-state index is 0.0103. The van der Waals surface area contributed by atoms with Crippen LogP contribution in [0.15, 0.2) is 18.2 Å². The molecule has 8 nitrogen and oxygen atoms in total. The third kappa shape index (κ3) is 6.37. The van der Waals surface area contributed by atoms with E-state index in [9.17, 15) is 14.4 Å². The molecule has 1 aliphatic heterocycles. The number of carbonyl (C=O) groups is 3. The van der Waals surface area contributed by atoms with Crippen molar-refractivity contribution in [2.45, 2.75) is 32.6 Å². The maximum absolute atomic E-state index is 12.6. The van der Waals surface area contributed by atoms with Crippen molar-refractivity contribution in [3.8, 4) is 11.5 Å². The number of nitrogens with zero attached hydrogens (tertiary/aromatic N) is 2. The van der Waals surface area contributed by atoms with Crippen molar-refractivity contribution < 1.29 is 28.6 Å². The summed E-state index contributed by atoms with van der Waals surface area (Å²) in [5.41, 5.74) is 0.873. The summed E-state index contributed by atoms with van der Waals surface area (Å²) < 4.78 is 15.7. The third-order valence-electron chi connectivity index (χ3n) is 5.29. The number of hydrogen-bond donors (Lipinski definition) is 0. The van der Waals surface area contributed by atoms with Gasteiger partial charge in [-0.2, -0.15) is 0 Å². The Kier molecular flexibility index (Phi) is 8.95. The predicted octanol–water partition coefficient (Wildman–Crippen LogP) is 1.90. The molecule has 0 spiro atoms. The van der Waals surface area contributed by atoms with E-state index in [-0.39, 0.29) is 36.7 Å². The summed E-state index contributed by atoms with van der Waals surface area (Å²) in [5.74, 6) is 0.561. The number of likely N-dealkylation sites (N-methyl/N-ethyl adjacent to an activating group) is 1. The second-order valence-electron chi connectivity index (χ2n) is 7.36. The first kappa shape index (κ1) is 23.5. The van der Waals surface area contributed by atoms with Crippen LogP contribution in [-0.4, -0.2) is 75.1 Å². The molecule has 2 amide bonds. The molecule has 1 atom stereocenters. The lowest BCUT2D eigenvalue weighted by atomic mass is 9.98. The van der Waals surface area contributed by atoms with Gasteiger partial charge in [0.05, 0.1) is 33.3 Å². The van der Waals surface area contributed by atoms with Gasteiger partial charge in [-0.15, -0.1) is 0 Å². The molecule has 0 aromatic heterocycles. The number of rotatable bonds is 9. The van der Waals surface area contributed by atoms with Crippen LogP contribution in [0.25, 0.3) is 0 Å². The number of likely N-dealkylation sites (tertiary alicyclic amines) is 1. The molecule has 0 N–H and O–H groups in total. The molecule has 0 radical (unpaired) electrons. The van der Waals surface area contributed by atoms with Gasteiger partial charge in [-0.1, -0.05) is 0 Å². The van der Waals surface area contributed by atoms with Gasteiger partial charge in [0.15, 0.2) is 0 Å². The quantitative estimate of drug-likeness (QED) is 0.567. The highest BCUT2D eigenvalue weighted by Crippen LogP contribution is 2.25. The molecular formula is C22H32N2O6. The number of esters is 1. The topological polar surface area (TPSA) is 85.4 Å². The highest BCUT2D eigenvalue weighted by Gasteiger charge is 2.30. The second kappa shape index (κ2) is 11.4. The molecule has 1 aliphatic rings. The number of carbonyl (C=O) groups excluding carboxylic acids is 3. The monoisotopic (exact) mass is 420 g/mol. The van der Waals surface area contributed by atoms with Crippen LogP contribution >= 0.6 is 0 Å². The average Bonchev–Trinajstić information content (AvgIpc) is 2.77. The lowest BCUT2D eigenvalue weighted by molar-refractivity contribution is -0.152. The van der Waals surface area contributed by atoms with E-state index in [1.807, 2.05) is 12.1 Å². The van der Waals surface area contributed by atoms with Crippen molar-refractivity contribution in [1.29, 1.82) is 0 Å². The Morgan fingerprint density at radius 3 is 2.63 bits per heavy atom. The van der Waals surface area contributed by atoms with Crippen LogP contribution in [0, 0.1) is 5.92 Å². The number of aryl methyl sites for hydroxylation is 1. The smallest absolute Gasteiger partial charge is 0.310 e. The van der Waals surface area contributed by atoms with Crippen molar-refractivity contribution >= 4 is 17.8 Å². The number of methoxy groups -OCH3 is 2. The molecule has 0 saturated carbocycles. The molecule has 1 aromatic carbocycles. The molecule has 1 unspecified atom stereocenters. The molecule has 1 saturated heterocycles. The van der Waals surface area contributed by atoms with Crippen LogP contribution in [0.3, 0.4) is 0 Å². The summed E-state index contributed by atoms with van der Waals surface area (Å²) in [6.07, 6.45) is 2.20. The molecule has 1 fully saturated rings. The Morgan fingerprint density at radius 2 is 1.97 bits per heavy atom. The van der Waals surface area contributed by atoms with Gasteiger partial charge in [0, 0.05) is 26.6 Å². The van der Waals surface area contributed by atoms with E-state index < -0.39 is 0 Å². The molecule has 1 heterocycles. The van der Waals surface area contributed by atoms with Crippen LogP contribution in [-0.2, 0) is 25.5 Å². The number of amides is 2. The highest BCUT2D eigenvalue weighted by atomic mass is 16.5. The molecule has 166 valence electrons. The second-order valence-corrected chi connectivity index (χ2v) is 7.36. The van der Waals surface area contributed by atoms with Gasteiger partial charge >= 0.3 is 5.97 Å². The summed E-state index contributed by atoms with van der Waals surface area (Å²) in [7, 11) is 4.79. The summed E-state index contributed by atoms with van der Waals surface area (Å²) in [5, 5.41) is 0. The van der Waals surface area contributed by atoms with Crippen molar-refractivity contribution in [3.05, 3.63) is 23.8 Å². The number of hydrogen-bond acceptors (Lipinski definition) is 6. The summed E-state index contributed by atoms with van der Waals surface area (Å²) in [6, 6.07) is 5.46. The lowest BCUT2D eigenvalue weighted by Crippen LogP contribution is -2.47. The minimum Gasteiger partial charge on any atom is -0.497 e. The Morgan fingerprint density at radius 1 is 1.20 bits per heavy atom. The van der Waals surface area contributed by atoms with Crippen LogP contribution in [0.2, 0.25) is 0 Å². The molecule has 0 aliphatic carbocycles. The fourth-order valence-corrected chi connectivity index (χ4v) is 3.56. The Bertz CT molecular complexity index is 751. The van der Waals surface area contributed by atoms with E-state index in [1.165, 1.54) is 4.90 Å². The van der Waals surface area contributed by atoms with E-state index >= 15 is 0 Å². The van der Waals surface area contributed by atoms with Crippen LogP contribution < -0.4 is 9.47 Å². The zero-order valence-electron chi connectivity index (χ0n) is 18.3. The van der Waals surface area contributed by atoms with Gasteiger partial charge in [-0.3, -0.25) is 14.4 Å². The van der Waals surface area contributed by atoms with E-state index in [1.54, 1.807) is 39.2 Å². The van der Waals surface area contributed by atoms with Crippen molar-refractivity contribution in [1.82, 2.24) is 9.80 Å². The molecule has 2 rings (SSSR count). The SMILES string of the molecule is CCOC(=O)C1CCCN(C(=O)CN(C)C(=O)CCc2cc(OC)ccc2OC)C1. The van der Waals surface area contributed by atoms with E-state index in [0.29, 0.717) is 37.6 Å². The fourth-order valence-electron chi connectivity index (χ4n) is 3.56. The van der Waals surface area contributed by atoms with Crippen LogP contribution in [0.1, 0.15) is 31.7 Å². The summed E-state index contributed by atoms with van der Waals surface area (Å²) in [6.45, 7) is 3.03. The van der Waals surface area contributed by atoms with Gasteiger partial charge in [-0.25, -0.2) is 0 Å². The van der Waals surface area contributed by atoms with Gasteiger partial charge in [0.25, 0.3) is 0 Å². The maximum atomic E-state index is 12.6. The average molecular weight is 421 g/mol. The van der Waals surface area contributed by atoms with Crippen LogP contribution in [0.4, 0.5) is 0 Å². The predicted molar refractivity (Wildman–Crippen MR) is 111 cm³/mol. The normalized spacial score (nSPS) is 16.0.